The monoisotopic (exact) mass is 333 g/mol. The smallest absolute Gasteiger partial charge is 0.233 e. The molecule has 6 nitrogen and oxygen atoms in total. The molecule has 24 heavy (non-hydrogen) atoms. The number of ether oxygens (including phenoxy) is 2. The molecule has 0 aromatic heterocycles. The minimum Gasteiger partial charge on any atom is -0.497 e. The van der Waals surface area contributed by atoms with Gasteiger partial charge in [-0.3, -0.25) is 14.5 Å². The van der Waals surface area contributed by atoms with Crippen molar-refractivity contribution in [1.29, 1.82) is 0 Å². The van der Waals surface area contributed by atoms with Crippen LogP contribution in [0.1, 0.15) is 37.4 Å². The van der Waals surface area contributed by atoms with E-state index in [0.29, 0.717) is 17.1 Å². The van der Waals surface area contributed by atoms with Crippen LogP contribution in [0.4, 0.5) is 0 Å². The second kappa shape index (κ2) is 6.81. The van der Waals surface area contributed by atoms with Crippen molar-refractivity contribution in [2.45, 2.75) is 31.8 Å². The summed E-state index contributed by atoms with van der Waals surface area (Å²) in [5.41, 5.74) is 0.507. The molecule has 130 valence electrons. The van der Waals surface area contributed by atoms with Gasteiger partial charge in [0.15, 0.2) is 0 Å². The van der Waals surface area contributed by atoms with E-state index in [-0.39, 0.29) is 30.2 Å². The number of methoxy groups -OCH3 is 2. The van der Waals surface area contributed by atoms with E-state index < -0.39 is 6.10 Å². The molecule has 3 rings (SSSR count). The Labute approximate surface area is 141 Å². The summed E-state index contributed by atoms with van der Waals surface area (Å²) in [6.07, 6.45) is 2.50. The summed E-state index contributed by atoms with van der Waals surface area (Å²) in [6.45, 7) is -0.0474. The van der Waals surface area contributed by atoms with Gasteiger partial charge in [-0.25, -0.2) is 0 Å². The fourth-order valence-corrected chi connectivity index (χ4v) is 3.78. The Morgan fingerprint density at radius 3 is 2.29 bits per heavy atom. The van der Waals surface area contributed by atoms with Crippen molar-refractivity contribution in [2.24, 2.45) is 11.8 Å². The summed E-state index contributed by atoms with van der Waals surface area (Å²) < 4.78 is 10.5. The van der Waals surface area contributed by atoms with Crippen LogP contribution in [0.3, 0.4) is 0 Å². The summed E-state index contributed by atoms with van der Waals surface area (Å²) in [7, 11) is 3.05. The molecule has 1 aromatic carbocycles. The quantitative estimate of drug-likeness (QED) is 0.833. The van der Waals surface area contributed by atoms with Crippen molar-refractivity contribution in [3.05, 3.63) is 23.8 Å². The lowest BCUT2D eigenvalue weighted by Crippen LogP contribution is -2.35. The van der Waals surface area contributed by atoms with Gasteiger partial charge in [-0.15, -0.1) is 0 Å². The van der Waals surface area contributed by atoms with Crippen LogP contribution in [0.2, 0.25) is 0 Å². The van der Waals surface area contributed by atoms with E-state index in [2.05, 4.69) is 0 Å². The van der Waals surface area contributed by atoms with Gasteiger partial charge in [0, 0.05) is 5.56 Å². The minimum atomic E-state index is -1.01. The molecule has 1 N–H and O–H groups in total. The largest absolute Gasteiger partial charge is 0.497 e. The maximum absolute atomic E-state index is 12.5. The minimum absolute atomic E-state index is 0.0474. The third-order valence-corrected chi connectivity index (χ3v) is 5.08. The number of likely N-dealkylation sites (tertiary alicyclic amines) is 1. The highest BCUT2D eigenvalue weighted by atomic mass is 16.5. The van der Waals surface area contributed by atoms with E-state index in [1.165, 1.54) is 19.1 Å². The standard InChI is InChI=1S/C18H23NO5/c1-23-11-7-8-16(24-2)14(9-11)15(20)10-19-17(21)12-5-3-4-6-13(12)18(19)22/h7-9,12-13,15,20H,3-6,10H2,1-2H3/t12-,13+,15-/m1/s1. The molecule has 1 aliphatic carbocycles. The van der Waals surface area contributed by atoms with Gasteiger partial charge in [0.2, 0.25) is 11.8 Å². The molecule has 0 spiro atoms. The first-order valence-corrected chi connectivity index (χ1v) is 8.32. The highest BCUT2D eigenvalue weighted by molar-refractivity contribution is 6.05. The van der Waals surface area contributed by atoms with Gasteiger partial charge in [-0.2, -0.15) is 0 Å². The zero-order valence-corrected chi connectivity index (χ0v) is 14.0. The fraction of sp³-hybridized carbons (Fsp3) is 0.556. The number of β-amino-alcohol motifs (C(OH)–C–C–N with tert-alkyl or cyclic N) is 1. The Morgan fingerprint density at radius 2 is 1.75 bits per heavy atom. The fourth-order valence-electron chi connectivity index (χ4n) is 3.78. The van der Waals surface area contributed by atoms with Crippen molar-refractivity contribution in [3.63, 3.8) is 0 Å². The maximum Gasteiger partial charge on any atom is 0.233 e. The first kappa shape index (κ1) is 16.8. The van der Waals surface area contributed by atoms with E-state index >= 15 is 0 Å². The summed E-state index contributed by atoms with van der Waals surface area (Å²) in [5, 5.41) is 10.6. The van der Waals surface area contributed by atoms with Gasteiger partial charge in [0.25, 0.3) is 0 Å². The van der Waals surface area contributed by atoms with E-state index in [1.54, 1.807) is 18.2 Å². The molecule has 2 amide bonds. The second-order valence-electron chi connectivity index (χ2n) is 6.41. The first-order chi connectivity index (χ1) is 11.6. The van der Waals surface area contributed by atoms with Crippen molar-refractivity contribution in [3.8, 4) is 11.5 Å². The van der Waals surface area contributed by atoms with Crippen LogP contribution in [-0.4, -0.2) is 42.6 Å². The molecule has 0 unspecified atom stereocenters. The Balaban J connectivity index is 1.81. The zero-order valence-electron chi connectivity index (χ0n) is 14.0. The summed E-state index contributed by atoms with van der Waals surface area (Å²) in [4.78, 5) is 26.3. The van der Waals surface area contributed by atoms with Crippen molar-refractivity contribution in [2.75, 3.05) is 20.8 Å². The van der Waals surface area contributed by atoms with Gasteiger partial charge in [-0.05, 0) is 31.0 Å². The number of hydrogen-bond donors (Lipinski definition) is 1. The molecule has 1 aliphatic heterocycles. The maximum atomic E-state index is 12.5. The number of carbonyl (C=O) groups is 2. The molecule has 6 heteroatoms. The highest BCUT2D eigenvalue weighted by Gasteiger charge is 2.48. The van der Waals surface area contributed by atoms with Crippen LogP contribution in [0.15, 0.2) is 18.2 Å². The van der Waals surface area contributed by atoms with Crippen molar-refractivity contribution in [1.82, 2.24) is 4.90 Å². The average Bonchev–Trinajstić information content (AvgIpc) is 2.86. The van der Waals surface area contributed by atoms with E-state index in [9.17, 15) is 14.7 Å². The number of benzene rings is 1. The van der Waals surface area contributed by atoms with Crippen molar-refractivity contribution >= 4 is 11.8 Å². The topological polar surface area (TPSA) is 76.1 Å². The highest BCUT2D eigenvalue weighted by Crippen LogP contribution is 2.39. The van der Waals surface area contributed by atoms with Gasteiger partial charge >= 0.3 is 0 Å². The molecular formula is C18H23NO5. The number of rotatable bonds is 5. The lowest BCUT2D eigenvalue weighted by molar-refractivity contribution is -0.141. The molecular weight excluding hydrogens is 310 g/mol. The predicted octanol–water partition coefficient (Wildman–Crippen LogP) is 1.91. The van der Waals surface area contributed by atoms with E-state index in [1.807, 2.05) is 0 Å². The van der Waals surface area contributed by atoms with Crippen LogP contribution < -0.4 is 9.47 Å². The summed E-state index contributed by atoms with van der Waals surface area (Å²) in [6, 6.07) is 5.10. The van der Waals surface area contributed by atoms with E-state index in [0.717, 1.165) is 25.7 Å². The molecule has 1 aromatic rings. The Morgan fingerprint density at radius 1 is 1.12 bits per heavy atom. The molecule has 3 atom stereocenters. The van der Waals surface area contributed by atoms with Gasteiger partial charge in [-0.1, -0.05) is 12.8 Å². The number of aliphatic hydroxyl groups is 1. The lowest BCUT2D eigenvalue weighted by atomic mass is 9.81. The molecule has 1 heterocycles. The molecule has 1 saturated carbocycles. The molecule has 2 fully saturated rings. The lowest BCUT2D eigenvalue weighted by Gasteiger charge is -2.21. The van der Waals surface area contributed by atoms with Gasteiger partial charge in [0.05, 0.1) is 32.6 Å². The van der Waals surface area contributed by atoms with Crippen LogP contribution in [0, 0.1) is 11.8 Å². The average molecular weight is 333 g/mol. The van der Waals surface area contributed by atoms with Crippen LogP contribution in [0.5, 0.6) is 11.5 Å². The number of imide groups is 1. The summed E-state index contributed by atoms with van der Waals surface area (Å²) >= 11 is 0. The molecule has 2 aliphatic rings. The Hall–Kier alpha value is -2.08. The second-order valence-corrected chi connectivity index (χ2v) is 6.41. The van der Waals surface area contributed by atoms with Gasteiger partial charge in [0.1, 0.15) is 17.6 Å². The van der Waals surface area contributed by atoms with Crippen LogP contribution >= 0.6 is 0 Å². The normalized spacial score (nSPS) is 24.7. The Bertz CT molecular complexity index is 620. The molecule has 1 saturated heterocycles. The van der Waals surface area contributed by atoms with Gasteiger partial charge < -0.3 is 14.6 Å². The third kappa shape index (κ3) is 2.86. The molecule has 0 radical (unpaired) electrons. The van der Waals surface area contributed by atoms with Crippen molar-refractivity contribution < 1.29 is 24.2 Å². The number of amides is 2. The number of fused-ring (bicyclic) bond motifs is 1. The summed E-state index contributed by atoms with van der Waals surface area (Å²) in [5.74, 6) is 0.380. The SMILES string of the molecule is COc1ccc(OC)c([C@H](O)CN2C(=O)[C@H]3CCCC[C@H]3C2=O)c1. The Kier molecular flexibility index (Phi) is 4.76. The number of nitrogens with zero attached hydrogens (tertiary/aromatic N) is 1. The zero-order chi connectivity index (χ0) is 17.3. The molecule has 0 bridgehead atoms. The predicted molar refractivity (Wildman–Crippen MR) is 86.7 cm³/mol. The third-order valence-electron chi connectivity index (χ3n) is 5.08. The van der Waals surface area contributed by atoms with Crippen LogP contribution in [-0.2, 0) is 9.59 Å². The first-order valence-electron chi connectivity index (χ1n) is 8.32. The number of carbonyl (C=O) groups excluding carboxylic acids is 2. The van der Waals surface area contributed by atoms with Crippen LogP contribution in [0.25, 0.3) is 0 Å². The number of aliphatic hydroxyl groups excluding tert-OH is 1. The number of hydrogen-bond acceptors (Lipinski definition) is 5. The van der Waals surface area contributed by atoms with E-state index in [4.69, 9.17) is 9.47 Å².